The van der Waals surface area contributed by atoms with E-state index in [1.807, 2.05) is 19.2 Å². The van der Waals surface area contributed by atoms with Gasteiger partial charge in [-0.3, -0.25) is 4.68 Å². The van der Waals surface area contributed by atoms with Crippen LogP contribution in [-0.4, -0.2) is 59.8 Å². The van der Waals surface area contributed by atoms with Crippen LogP contribution in [0.25, 0.3) is 0 Å². The summed E-state index contributed by atoms with van der Waals surface area (Å²) < 4.78 is 24.6. The van der Waals surface area contributed by atoms with Gasteiger partial charge >= 0.3 is 6.03 Å². The maximum Gasteiger partial charge on any atom is 0.317 e. The van der Waals surface area contributed by atoms with Gasteiger partial charge in [0.05, 0.1) is 18.1 Å². The lowest BCUT2D eigenvalue weighted by molar-refractivity contribution is 0.190. The molecule has 1 aromatic heterocycles. The van der Waals surface area contributed by atoms with Crippen LogP contribution in [0.3, 0.4) is 0 Å². The Morgan fingerprint density at radius 3 is 2.90 bits per heavy atom. The average Bonchev–Trinajstić information content (AvgIpc) is 2.97. The normalized spacial score (nSPS) is 22.4. The van der Waals surface area contributed by atoms with Crippen molar-refractivity contribution < 1.29 is 13.2 Å². The monoisotopic (exact) mass is 300 g/mol. The summed E-state index contributed by atoms with van der Waals surface area (Å²) in [6, 6.07) is 1.27. The summed E-state index contributed by atoms with van der Waals surface area (Å²) in [7, 11) is -1.34. The first kappa shape index (κ1) is 14.8. The fourth-order valence-electron chi connectivity index (χ4n) is 2.29. The Morgan fingerprint density at radius 1 is 1.60 bits per heavy atom. The standard InChI is InChI=1S/C12H20N4O3S/c1-10(8-16-6-3-5-13-16)14-12(17)15(2)11-4-7-20(18,19)9-11/h3,5-6,10-11H,4,7-9H2,1-2H3,(H,14,17)/t10-,11+/m1/s1. The zero-order chi connectivity index (χ0) is 14.8. The summed E-state index contributed by atoms with van der Waals surface area (Å²) in [5, 5.41) is 6.93. The minimum Gasteiger partial charge on any atom is -0.334 e. The van der Waals surface area contributed by atoms with Gasteiger partial charge in [-0.25, -0.2) is 13.2 Å². The van der Waals surface area contributed by atoms with Crippen LogP contribution in [-0.2, 0) is 16.4 Å². The minimum atomic E-state index is -2.98. The van der Waals surface area contributed by atoms with E-state index in [4.69, 9.17) is 0 Å². The molecule has 1 N–H and O–H groups in total. The van der Waals surface area contributed by atoms with Crippen molar-refractivity contribution in [2.24, 2.45) is 0 Å². The third kappa shape index (κ3) is 3.72. The Bertz CT molecular complexity index is 555. The highest BCUT2D eigenvalue weighted by atomic mass is 32.2. The Kier molecular flexibility index (Phi) is 4.32. The zero-order valence-corrected chi connectivity index (χ0v) is 12.5. The lowest BCUT2D eigenvalue weighted by atomic mass is 10.2. The van der Waals surface area contributed by atoms with Gasteiger partial charge in [0.2, 0.25) is 0 Å². The fourth-order valence-corrected chi connectivity index (χ4v) is 4.07. The molecular formula is C12H20N4O3S. The van der Waals surface area contributed by atoms with E-state index >= 15 is 0 Å². The Morgan fingerprint density at radius 2 is 2.35 bits per heavy atom. The maximum absolute atomic E-state index is 12.1. The molecule has 0 bridgehead atoms. The summed E-state index contributed by atoms with van der Waals surface area (Å²) >= 11 is 0. The van der Waals surface area contributed by atoms with Crippen LogP contribution in [0.1, 0.15) is 13.3 Å². The number of amides is 2. The van der Waals surface area contributed by atoms with Gasteiger partial charge in [0, 0.05) is 31.5 Å². The predicted molar refractivity (Wildman–Crippen MR) is 75.0 cm³/mol. The molecule has 0 unspecified atom stereocenters. The van der Waals surface area contributed by atoms with E-state index in [9.17, 15) is 13.2 Å². The second-order valence-corrected chi connectivity index (χ2v) is 7.48. The van der Waals surface area contributed by atoms with Crippen LogP contribution in [0.2, 0.25) is 0 Å². The topological polar surface area (TPSA) is 84.3 Å². The third-order valence-corrected chi connectivity index (χ3v) is 5.22. The van der Waals surface area contributed by atoms with Crippen LogP contribution < -0.4 is 5.32 Å². The van der Waals surface area contributed by atoms with Crippen LogP contribution in [0.4, 0.5) is 4.79 Å². The molecule has 1 aliphatic rings. The van der Waals surface area contributed by atoms with E-state index in [1.54, 1.807) is 17.9 Å². The van der Waals surface area contributed by atoms with Crippen molar-refractivity contribution in [3.05, 3.63) is 18.5 Å². The molecule has 20 heavy (non-hydrogen) atoms. The van der Waals surface area contributed by atoms with Crippen molar-refractivity contribution in [1.82, 2.24) is 20.0 Å². The lowest BCUT2D eigenvalue weighted by Crippen LogP contribution is -2.48. The molecule has 0 saturated carbocycles. The summed E-state index contributed by atoms with van der Waals surface area (Å²) in [5.74, 6) is 0.225. The van der Waals surface area contributed by atoms with Gasteiger partial charge in [0.15, 0.2) is 9.84 Å². The Hall–Kier alpha value is -1.57. The van der Waals surface area contributed by atoms with Crippen LogP contribution in [0.5, 0.6) is 0 Å². The lowest BCUT2D eigenvalue weighted by Gasteiger charge is -2.25. The number of aromatic nitrogens is 2. The van der Waals surface area contributed by atoms with E-state index in [1.165, 1.54) is 4.90 Å². The van der Waals surface area contributed by atoms with Gasteiger partial charge in [-0.2, -0.15) is 5.10 Å². The fraction of sp³-hybridized carbons (Fsp3) is 0.667. The number of hydrogen-bond acceptors (Lipinski definition) is 4. The predicted octanol–water partition coefficient (Wildman–Crippen LogP) is 0.100. The number of rotatable bonds is 4. The molecule has 0 radical (unpaired) electrons. The summed E-state index contributed by atoms with van der Waals surface area (Å²) in [6.07, 6.45) is 4.03. The van der Waals surface area contributed by atoms with Gasteiger partial charge < -0.3 is 10.2 Å². The molecule has 2 heterocycles. The smallest absolute Gasteiger partial charge is 0.317 e. The SMILES string of the molecule is C[C@H](Cn1cccn1)NC(=O)N(C)[C@H]1CCS(=O)(=O)C1. The second kappa shape index (κ2) is 5.82. The first-order chi connectivity index (χ1) is 9.37. The molecule has 112 valence electrons. The van der Waals surface area contributed by atoms with Gasteiger partial charge in [0.25, 0.3) is 0 Å². The minimum absolute atomic E-state index is 0.0600. The molecule has 1 fully saturated rings. The molecule has 2 rings (SSSR count). The third-order valence-electron chi connectivity index (χ3n) is 3.47. The van der Waals surface area contributed by atoms with Gasteiger partial charge in [-0.1, -0.05) is 0 Å². The summed E-state index contributed by atoms with van der Waals surface area (Å²) in [4.78, 5) is 13.6. The zero-order valence-electron chi connectivity index (χ0n) is 11.7. The molecule has 0 spiro atoms. The molecule has 2 atom stereocenters. The Balaban J connectivity index is 1.85. The van der Waals surface area contributed by atoms with Crippen molar-refractivity contribution in [2.75, 3.05) is 18.6 Å². The van der Waals surface area contributed by atoms with Crippen molar-refractivity contribution >= 4 is 15.9 Å². The molecule has 0 aliphatic carbocycles. The van der Waals surface area contributed by atoms with Crippen molar-refractivity contribution in [3.63, 3.8) is 0 Å². The highest BCUT2D eigenvalue weighted by molar-refractivity contribution is 7.91. The first-order valence-corrected chi connectivity index (χ1v) is 8.41. The number of carbonyl (C=O) groups is 1. The number of nitrogens with one attached hydrogen (secondary N) is 1. The van der Waals surface area contributed by atoms with Crippen molar-refractivity contribution in [2.45, 2.75) is 32.0 Å². The molecule has 0 aromatic carbocycles. The highest BCUT2D eigenvalue weighted by Gasteiger charge is 2.32. The van der Waals surface area contributed by atoms with E-state index in [0.717, 1.165) is 0 Å². The number of urea groups is 1. The summed E-state index contributed by atoms with van der Waals surface area (Å²) in [6.45, 7) is 2.47. The van der Waals surface area contributed by atoms with Gasteiger partial charge in [-0.05, 0) is 19.4 Å². The molecule has 7 nitrogen and oxygen atoms in total. The van der Waals surface area contributed by atoms with E-state index in [2.05, 4.69) is 10.4 Å². The van der Waals surface area contributed by atoms with E-state index in [0.29, 0.717) is 13.0 Å². The molecule has 1 aliphatic heterocycles. The molecule has 2 amide bonds. The number of hydrogen-bond donors (Lipinski definition) is 1. The molecule has 8 heteroatoms. The van der Waals surface area contributed by atoms with Crippen LogP contribution in [0.15, 0.2) is 18.5 Å². The van der Waals surface area contributed by atoms with Crippen molar-refractivity contribution in [1.29, 1.82) is 0 Å². The molecule has 1 saturated heterocycles. The van der Waals surface area contributed by atoms with E-state index in [-0.39, 0.29) is 29.6 Å². The highest BCUT2D eigenvalue weighted by Crippen LogP contribution is 2.16. The van der Waals surface area contributed by atoms with E-state index < -0.39 is 9.84 Å². The second-order valence-electron chi connectivity index (χ2n) is 5.25. The largest absolute Gasteiger partial charge is 0.334 e. The van der Waals surface area contributed by atoms with Crippen molar-refractivity contribution in [3.8, 4) is 0 Å². The van der Waals surface area contributed by atoms with Crippen LogP contribution in [0, 0.1) is 0 Å². The quantitative estimate of drug-likeness (QED) is 0.855. The summed E-state index contributed by atoms with van der Waals surface area (Å²) in [5.41, 5.74) is 0. The molecule has 1 aromatic rings. The molecular weight excluding hydrogens is 280 g/mol. The number of carbonyl (C=O) groups excluding carboxylic acids is 1. The maximum atomic E-state index is 12.1. The Labute approximate surface area is 118 Å². The van der Waals surface area contributed by atoms with Gasteiger partial charge in [0.1, 0.15) is 0 Å². The first-order valence-electron chi connectivity index (χ1n) is 6.58. The number of nitrogens with zero attached hydrogens (tertiary/aromatic N) is 3. The van der Waals surface area contributed by atoms with Crippen LogP contribution >= 0.6 is 0 Å². The van der Waals surface area contributed by atoms with Gasteiger partial charge in [-0.15, -0.1) is 0 Å². The average molecular weight is 300 g/mol. The number of sulfone groups is 1.